The van der Waals surface area contributed by atoms with Crippen molar-refractivity contribution in [3.63, 3.8) is 0 Å². The maximum Gasteiger partial charge on any atom is 0.335 e. The van der Waals surface area contributed by atoms with Crippen LogP contribution in [0, 0.1) is 0 Å². The van der Waals surface area contributed by atoms with Gasteiger partial charge < -0.3 is 5.11 Å². The van der Waals surface area contributed by atoms with Gasteiger partial charge in [-0.15, -0.1) is 11.3 Å². The molecule has 0 amide bonds. The summed E-state index contributed by atoms with van der Waals surface area (Å²) in [5.74, 6) is -0.951. The lowest BCUT2D eigenvalue weighted by Gasteiger charge is -1.92. The first kappa shape index (κ1) is 8.90. The molecule has 0 unspecified atom stereocenters. The van der Waals surface area contributed by atoms with Gasteiger partial charge in [-0.05, 0) is 23.6 Å². The van der Waals surface area contributed by atoms with Gasteiger partial charge in [0.15, 0.2) is 6.29 Å². The van der Waals surface area contributed by atoms with E-state index in [1.165, 1.54) is 17.4 Å². The molecule has 0 aliphatic heterocycles. The van der Waals surface area contributed by atoms with Gasteiger partial charge in [0, 0.05) is 4.70 Å². The molecule has 0 fully saturated rings. The average molecular weight is 206 g/mol. The van der Waals surface area contributed by atoms with Crippen LogP contribution in [0.3, 0.4) is 0 Å². The third-order valence-electron chi connectivity index (χ3n) is 1.90. The second-order valence-electron chi connectivity index (χ2n) is 2.82. The monoisotopic (exact) mass is 206 g/mol. The summed E-state index contributed by atoms with van der Waals surface area (Å²) in [4.78, 5) is 21.8. The number of aldehydes is 1. The molecule has 1 heterocycles. The molecule has 1 aromatic heterocycles. The van der Waals surface area contributed by atoms with Crippen molar-refractivity contribution >= 4 is 33.7 Å². The Bertz CT molecular complexity index is 513. The molecule has 0 spiro atoms. The van der Waals surface area contributed by atoms with Crippen molar-refractivity contribution in [3.05, 3.63) is 34.7 Å². The lowest BCUT2D eigenvalue weighted by molar-refractivity contribution is 0.0697. The molecular formula is C10H6O3S. The number of hydrogen-bond acceptors (Lipinski definition) is 3. The smallest absolute Gasteiger partial charge is 0.335 e. The van der Waals surface area contributed by atoms with Crippen LogP contribution in [0.2, 0.25) is 0 Å². The minimum atomic E-state index is -0.951. The molecule has 0 atom stereocenters. The van der Waals surface area contributed by atoms with Crippen molar-refractivity contribution in [1.29, 1.82) is 0 Å². The van der Waals surface area contributed by atoms with E-state index in [1.807, 2.05) is 0 Å². The summed E-state index contributed by atoms with van der Waals surface area (Å²) in [6.07, 6.45) is 0.769. The Morgan fingerprint density at radius 2 is 2.14 bits per heavy atom. The Balaban J connectivity index is 2.65. The van der Waals surface area contributed by atoms with Crippen molar-refractivity contribution in [2.45, 2.75) is 0 Å². The zero-order valence-electron chi connectivity index (χ0n) is 7.06. The molecule has 14 heavy (non-hydrogen) atoms. The SMILES string of the molecule is O=Cc1cc2ccc(C(=O)O)cc2s1. The third-order valence-corrected chi connectivity index (χ3v) is 2.93. The fourth-order valence-electron chi connectivity index (χ4n) is 1.24. The van der Waals surface area contributed by atoms with Gasteiger partial charge in [0.2, 0.25) is 0 Å². The van der Waals surface area contributed by atoms with Gasteiger partial charge in [-0.2, -0.15) is 0 Å². The summed E-state index contributed by atoms with van der Waals surface area (Å²) in [6, 6.07) is 6.57. The normalized spacial score (nSPS) is 10.3. The van der Waals surface area contributed by atoms with Crippen molar-refractivity contribution in [2.75, 3.05) is 0 Å². The number of carboxylic acids is 1. The number of benzene rings is 1. The highest BCUT2D eigenvalue weighted by molar-refractivity contribution is 7.20. The van der Waals surface area contributed by atoms with Gasteiger partial charge in [-0.1, -0.05) is 6.07 Å². The molecule has 0 saturated carbocycles. The molecule has 2 rings (SSSR count). The van der Waals surface area contributed by atoms with Crippen molar-refractivity contribution in [2.24, 2.45) is 0 Å². The van der Waals surface area contributed by atoms with Gasteiger partial charge in [-0.25, -0.2) is 4.79 Å². The summed E-state index contributed by atoms with van der Waals surface area (Å²) >= 11 is 1.30. The number of fused-ring (bicyclic) bond motifs is 1. The third kappa shape index (κ3) is 1.40. The Kier molecular flexibility index (Phi) is 2.05. The highest BCUT2D eigenvalue weighted by atomic mass is 32.1. The molecule has 0 bridgehead atoms. The average Bonchev–Trinajstić information content (AvgIpc) is 2.58. The maximum absolute atomic E-state index is 10.7. The molecule has 0 saturated heterocycles. The van der Waals surface area contributed by atoms with Crippen LogP contribution in [-0.4, -0.2) is 17.4 Å². The number of aromatic carboxylic acids is 1. The quantitative estimate of drug-likeness (QED) is 0.767. The number of hydrogen-bond donors (Lipinski definition) is 1. The van der Waals surface area contributed by atoms with Gasteiger partial charge in [0.25, 0.3) is 0 Å². The van der Waals surface area contributed by atoms with E-state index < -0.39 is 5.97 Å². The minimum Gasteiger partial charge on any atom is -0.478 e. The summed E-state index contributed by atoms with van der Waals surface area (Å²) in [6.45, 7) is 0. The van der Waals surface area contributed by atoms with Crippen LogP contribution < -0.4 is 0 Å². The van der Waals surface area contributed by atoms with E-state index in [9.17, 15) is 9.59 Å². The fraction of sp³-hybridized carbons (Fsp3) is 0. The first-order valence-electron chi connectivity index (χ1n) is 3.93. The predicted molar refractivity (Wildman–Crippen MR) is 54.2 cm³/mol. The van der Waals surface area contributed by atoms with E-state index in [-0.39, 0.29) is 5.56 Å². The second kappa shape index (κ2) is 3.23. The molecule has 2 aromatic rings. The summed E-state index contributed by atoms with van der Waals surface area (Å²) in [5, 5.41) is 9.65. The molecular weight excluding hydrogens is 200 g/mol. The number of carbonyl (C=O) groups excluding carboxylic acids is 1. The molecule has 1 aromatic carbocycles. The van der Waals surface area contributed by atoms with Crippen molar-refractivity contribution < 1.29 is 14.7 Å². The molecule has 4 heteroatoms. The molecule has 0 radical (unpaired) electrons. The summed E-state index contributed by atoms with van der Waals surface area (Å²) in [7, 11) is 0. The molecule has 0 aliphatic rings. The Morgan fingerprint density at radius 1 is 1.36 bits per heavy atom. The van der Waals surface area contributed by atoms with Crippen LogP contribution in [0.4, 0.5) is 0 Å². The van der Waals surface area contributed by atoms with Crippen LogP contribution in [0.1, 0.15) is 20.0 Å². The topological polar surface area (TPSA) is 54.4 Å². The molecule has 70 valence electrons. The standard InChI is InChI=1S/C10H6O3S/c11-5-8-3-6-1-2-7(10(12)13)4-9(6)14-8/h1-5H,(H,12,13). The zero-order valence-corrected chi connectivity index (χ0v) is 7.88. The van der Waals surface area contributed by atoms with E-state index in [4.69, 9.17) is 5.11 Å². The zero-order chi connectivity index (χ0) is 10.1. The fourth-order valence-corrected chi connectivity index (χ4v) is 2.16. The van der Waals surface area contributed by atoms with Gasteiger partial charge in [0.05, 0.1) is 10.4 Å². The molecule has 0 aliphatic carbocycles. The van der Waals surface area contributed by atoms with Crippen molar-refractivity contribution in [3.8, 4) is 0 Å². The van der Waals surface area contributed by atoms with Crippen LogP contribution in [0.25, 0.3) is 10.1 Å². The summed E-state index contributed by atoms with van der Waals surface area (Å²) < 4.78 is 0.826. The van der Waals surface area contributed by atoms with E-state index in [0.29, 0.717) is 4.88 Å². The minimum absolute atomic E-state index is 0.247. The van der Waals surface area contributed by atoms with E-state index >= 15 is 0 Å². The van der Waals surface area contributed by atoms with E-state index in [0.717, 1.165) is 16.4 Å². The van der Waals surface area contributed by atoms with E-state index in [1.54, 1.807) is 18.2 Å². The van der Waals surface area contributed by atoms with Crippen LogP contribution >= 0.6 is 11.3 Å². The first-order chi connectivity index (χ1) is 6.70. The van der Waals surface area contributed by atoms with Gasteiger partial charge in [-0.3, -0.25) is 4.79 Å². The van der Waals surface area contributed by atoms with Crippen LogP contribution in [0.5, 0.6) is 0 Å². The number of rotatable bonds is 2. The number of carbonyl (C=O) groups is 2. The first-order valence-corrected chi connectivity index (χ1v) is 4.74. The molecule has 3 nitrogen and oxygen atoms in total. The largest absolute Gasteiger partial charge is 0.478 e. The van der Waals surface area contributed by atoms with Crippen LogP contribution in [0.15, 0.2) is 24.3 Å². The Hall–Kier alpha value is -1.68. The lowest BCUT2D eigenvalue weighted by atomic mass is 10.2. The Morgan fingerprint density at radius 3 is 2.79 bits per heavy atom. The van der Waals surface area contributed by atoms with Gasteiger partial charge in [0.1, 0.15) is 0 Å². The van der Waals surface area contributed by atoms with E-state index in [2.05, 4.69) is 0 Å². The van der Waals surface area contributed by atoms with Crippen molar-refractivity contribution in [1.82, 2.24) is 0 Å². The van der Waals surface area contributed by atoms with Crippen LogP contribution in [-0.2, 0) is 0 Å². The highest BCUT2D eigenvalue weighted by Gasteiger charge is 2.05. The number of thiophene rings is 1. The molecule has 1 N–H and O–H groups in total. The summed E-state index contributed by atoms with van der Waals surface area (Å²) in [5.41, 5.74) is 0.247. The maximum atomic E-state index is 10.7. The lowest BCUT2D eigenvalue weighted by Crippen LogP contribution is -1.94. The van der Waals surface area contributed by atoms with Gasteiger partial charge >= 0.3 is 5.97 Å². The second-order valence-corrected chi connectivity index (χ2v) is 3.94. The Labute approximate surface area is 83.6 Å². The highest BCUT2D eigenvalue weighted by Crippen LogP contribution is 2.25. The predicted octanol–water partition coefficient (Wildman–Crippen LogP) is 2.41. The number of carboxylic acid groups (broad SMARTS) is 1.